The Morgan fingerprint density at radius 3 is 2.79 bits per heavy atom. The fraction of sp³-hybridized carbons (Fsp3) is 0.385. The molecule has 1 aliphatic rings. The number of urea groups is 1. The van der Waals surface area contributed by atoms with Crippen LogP contribution in [0.15, 0.2) is 24.3 Å². The molecule has 102 valence electrons. The molecule has 2 amide bonds. The number of ether oxygens (including phenoxy) is 1. The number of nitrogens with two attached hydrogens (primary N) is 1. The molecule has 5 nitrogen and oxygen atoms in total. The number of benzene rings is 1. The van der Waals surface area contributed by atoms with Crippen LogP contribution in [0, 0.1) is 0 Å². The van der Waals surface area contributed by atoms with Gasteiger partial charge in [0.2, 0.25) is 0 Å². The smallest absolute Gasteiger partial charge is 0.319 e. The van der Waals surface area contributed by atoms with Crippen molar-refractivity contribution in [3.05, 3.63) is 29.8 Å². The second kappa shape index (κ2) is 5.88. The van der Waals surface area contributed by atoms with Crippen molar-refractivity contribution in [3.8, 4) is 5.75 Å². The van der Waals surface area contributed by atoms with Crippen LogP contribution in [0.4, 0.5) is 4.79 Å². The number of carbonyl (C=O) groups excluding carboxylic acids is 1. The lowest BCUT2D eigenvalue weighted by atomic mass is 10.2. The van der Waals surface area contributed by atoms with E-state index in [1.54, 1.807) is 16.8 Å². The highest BCUT2D eigenvalue weighted by molar-refractivity contribution is 7.80. The number of amides is 2. The summed E-state index contributed by atoms with van der Waals surface area (Å²) in [6.45, 7) is 2.51. The Labute approximate surface area is 117 Å². The van der Waals surface area contributed by atoms with Gasteiger partial charge in [-0.25, -0.2) is 4.79 Å². The van der Waals surface area contributed by atoms with Crippen molar-refractivity contribution < 1.29 is 9.53 Å². The van der Waals surface area contributed by atoms with Crippen LogP contribution in [0.2, 0.25) is 0 Å². The largest absolute Gasteiger partial charge is 0.491 e. The third-order valence-electron chi connectivity index (χ3n) is 3.07. The van der Waals surface area contributed by atoms with Crippen LogP contribution in [0.3, 0.4) is 0 Å². The molecule has 0 atom stereocenters. The number of nitrogens with zero attached hydrogens (tertiary/aromatic N) is 2. The lowest BCUT2D eigenvalue weighted by Crippen LogP contribution is -2.32. The molecule has 19 heavy (non-hydrogen) atoms. The second-order valence-electron chi connectivity index (χ2n) is 4.40. The van der Waals surface area contributed by atoms with Gasteiger partial charge < -0.3 is 20.3 Å². The molecule has 6 heteroatoms. The van der Waals surface area contributed by atoms with Crippen LogP contribution < -0.4 is 10.5 Å². The number of likely N-dealkylation sites (N-methyl/N-ethyl adjacent to an activating group) is 1. The van der Waals surface area contributed by atoms with Crippen LogP contribution in [0.25, 0.3) is 0 Å². The van der Waals surface area contributed by atoms with Gasteiger partial charge in [-0.1, -0.05) is 24.4 Å². The van der Waals surface area contributed by atoms with E-state index in [9.17, 15) is 4.79 Å². The molecule has 0 saturated carbocycles. The van der Waals surface area contributed by atoms with Crippen LogP contribution in [-0.2, 0) is 0 Å². The number of rotatable bonds is 5. The molecule has 1 saturated heterocycles. The molecular formula is C13H17N3O2S. The van der Waals surface area contributed by atoms with Crippen LogP contribution in [-0.4, -0.2) is 54.1 Å². The van der Waals surface area contributed by atoms with E-state index in [4.69, 9.17) is 22.7 Å². The summed E-state index contributed by atoms with van der Waals surface area (Å²) in [6.07, 6.45) is 0. The van der Waals surface area contributed by atoms with Crippen molar-refractivity contribution in [1.29, 1.82) is 0 Å². The lowest BCUT2D eigenvalue weighted by Gasteiger charge is -2.17. The number of hydrogen-bond donors (Lipinski definition) is 1. The first-order chi connectivity index (χ1) is 9.09. The number of para-hydroxylation sites is 1. The van der Waals surface area contributed by atoms with Gasteiger partial charge in [0.1, 0.15) is 17.3 Å². The molecule has 0 bridgehead atoms. The monoisotopic (exact) mass is 279 g/mol. The van der Waals surface area contributed by atoms with Crippen LogP contribution in [0.1, 0.15) is 5.56 Å². The average molecular weight is 279 g/mol. The Morgan fingerprint density at radius 1 is 1.42 bits per heavy atom. The minimum atomic E-state index is 0.0474. The Balaban J connectivity index is 1.90. The highest BCUT2D eigenvalue weighted by Crippen LogP contribution is 2.17. The van der Waals surface area contributed by atoms with Crippen molar-refractivity contribution in [1.82, 2.24) is 9.80 Å². The minimum Gasteiger partial charge on any atom is -0.491 e. The van der Waals surface area contributed by atoms with Gasteiger partial charge in [0.15, 0.2) is 0 Å². The first-order valence-corrected chi connectivity index (χ1v) is 6.52. The Bertz CT molecular complexity index is 493. The van der Waals surface area contributed by atoms with E-state index in [1.807, 2.05) is 24.3 Å². The zero-order valence-electron chi connectivity index (χ0n) is 10.8. The Morgan fingerprint density at radius 2 is 2.16 bits per heavy atom. The van der Waals surface area contributed by atoms with E-state index in [1.165, 1.54) is 0 Å². The van der Waals surface area contributed by atoms with Crippen LogP contribution >= 0.6 is 12.2 Å². The minimum absolute atomic E-state index is 0.0474. The van der Waals surface area contributed by atoms with Gasteiger partial charge in [-0.2, -0.15) is 0 Å². The third kappa shape index (κ3) is 3.14. The number of carbonyl (C=O) groups is 1. The molecule has 0 unspecified atom stereocenters. The SMILES string of the molecule is CN1CCN(CCOc2ccccc2C(N)=S)C1=O. The van der Waals surface area contributed by atoms with Crippen molar-refractivity contribution in [2.45, 2.75) is 0 Å². The molecule has 0 aliphatic carbocycles. The molecule has 0 spiro atoms. The Hall–Kier alpha value is -1.82. The summed E-state index contributed by atoms with van der Waals surface area (Å²) < 4.78 is 5.66. The highest BCUT2D eigenvalue weighted by Gasteiger charge is 2.24. The molecule has 1 aliphatic heterocycles. The van der Waals surface area contributed by atoms with Gasteiger partial charge in [0.05, 0.1) is 12.1 Å². The van der Waals surface area contributed by atoms with E-state index >= 15 is 0 Å². The number of thiocarbonyl (C=S) groups is 1. The number of hydrogen-bond acceptors (Lipinski definition) is 3. The summed E-state index contributed by atoms with van der Waals surface area (Å²) in [5.41, 5.74) is 6.35. The maximum atomic E-state index is 11.7. The van der Waals surface area contributed by atoms with E-state index in [0.29, 0.717) is 23.9 Å². The first-order valence-electron chi connectivity index (χ1n) is 6.11. The molecule has 1 heterocycles. The summed E-state index contributed by atoms with van der Waals surface area (Å²) in [5.74, 6) is 0.662. The van der Waals surface area contributed by atoms with E-state index in [-0.39, 0.29) is 6.03 Å². The van der Waals surface area contributed by atoms with Gasteiger partial charge in [0, 0.05) is 20.1 Å². The summed E-state index contributed by atoms with van der Waals surface area (Å²) >= 11 is 4.97. The predicted molar refractivity (Wildman–Crippen MR) is 77.4 cm³/mol. The standard InChI is InChI=1S/C13H17N3O2S/c1-15-6-7-16(13(15)17)8-9-18-11-5-3-2-4-10(11)12(14)19/h2-5H,6-9H2,1H3,(H2,14,19). The second-order valence-corrected chi connectivity index (χ2v) is 4.84. The molecular weight excluding hydrogens is 262 g/mol. The van der Waals surface area contributed by atoms with E-state index in [0.717, 1.165) is 18.7 Å². The molecule has 0 radical (unpaired) electrons. The zero-order valence-corrected chi connectivity index (χ0v) is 11.7. The molecule has 2 rings (SSSR count). The summed E-state index contributed by atoms with van der Waals surface area (Å²) in [5, 5.41) is 0. The molecule has 1 aromatic carbocycles. The average Bonchev–Trinajstić information content (AvgIpc) is 2.71. The van der Waals surface area contributed by atoms with Gasteiger partial charge in [-0.3, -0.25) is 0 Å². The van der Waals surface area contributed by atoms with E-state index < -0.39 is 0 Å². The summed E-state index contributed by atoms with van der Waals surface area (Å²) in [4.78, 5) is 15.5. The lowest BCUT2D eigenvalue weighted by molar-refractivity contribution is 0.187. The summed E-state index contributed by atoms with van der Waals surface area (Å²) in [6, 6.07) is 7.43. The van der Waals surface area contributed by atoms with Gasteiger partial charge in [0.25, 0.3) is 0 Å². The molecule has 2 N–H and O–H groups in total. The molecule has 0 aromatic heterocycles. The van der Waals surface area contributed by atoms with Gasteiger partial charge in [-0.05, 0) is 12.1 Å². The third-order valence-corrected chi connectivity index (χ3v) is 3.29. The first kappa shape index (κ1) is 13.6. The quantitative estimate of drug-likeness (QED) is 0.819. The highest BCUT2D eigenvalue weighted by atomic mass is 32.1. The van der Waals surface area contributed by atoms with Gasteiger partial charge in [-0.15, -0.1) is 0 Å². The predicted octanol–water partition coefficient (Wildman–Crippen LogP) is 1.07. The maximum absolute atomic E-state index is 11.7. The van der Waals surface area contributed by atoms with Gasteiger partial charge >= 0.3 is 6.03 Å². The fourth-order valence-corrected chi connectivity index (χ4v) is 2.14. The van der Waals surface area contributed by atoms with Crippen molar-refractivity contribution in [2.75, 3.05) is 33.3 Å². The van der Waals surface area contributed by atoms with Crippen molar-refractivity contribution in [3.63, 3.8) is 0 Å². The molecule has 1 aromatic rings. The topological polar surface area (TPSA) is 58.8 Å². The maximum Gasteiger partial charge on any atom is 0.319 e. The van der Waals surface area contributed by atoms with Crippen LogP contribution in [0.5, 0.6) is 5.75 Å². The molecule has 1 fully saturated rings. The Kier molecular flexibility index (Phi) is 4.21. The van der Waals surface area contributed by atoms with Crippen molar-refractivity contribution >= 4 is 23.2 Å². The fourth-order valence-electron chi connectivity index (χ4n) is 1.97. The normalized spacial score (nSPS) is 14.9. The van der Waals surface area contributed by atoms with Crippen molar-refractivity contribution in [2.24, 2.45) is 5.73 Å². The van der Waals surface area contributed by atoms with E-state index in [2.05, 4.69) is 0 Å². The summed E-state index contributed by atoms with van der Waals surface area (Å²) in [7, 11) is 1.80. The zero-order chi connectivity index (χ0) is 13.8.